The molecule has 0 radical (unpaired) electrons. The number of anilines is 1. The van der Waals surface area contributed by atoms with E-state index in [1.807, 2.05) is 25.1 Å². The maximum absolute atomic E-state index is 12.9. The van der Waals surface area contributed by atoms with Gasteiger partial charge < -0.3 is 13.9 Å². The van der Waals surface area contributed by atoms with Crippen LogP contribution in [0.25, 0.3) is 11.0 Å². The SMILES string of the molecule is CCOCCCn1c(NC(=O)Cn2cccc(C(F)(F)F)c2=O)nc2ccccc21. The number of benzene rings is 1. The summed E-state index contributed by atoms with van der Waals surface area (Å²) in [5.74, 6) is -0.393. The Hall–Kier alpha value is -3.14. The third-order valence-corrected chi connectivity index (χ3v) is 4.42. The number of fused-ring (bicyclic) bond motifs is 1. The number of carbonyl (C=O) groups excluding carboxylic acids is 1. The second kappa shape index (κ2) is 9.12. The molecule has 1 amide bonds. The molecule has 0 aliphatic carbocycles. The molecule has 3 rings (SSSR count). The molecule has 2 heterocycles. The molecule has 7 nitrogen and oxygen atoms in total. The zero-order valence-corrected chi connectivity index (χ0v) is 16.3. The Kier molecular flexibility index (Phi) is 6.56. The van der Waals surface area contributed by atoms with Crippen molar-refractivity contribution in [3.05, 3.63) is 58.5 Å². The molecule has 0 saturated carbocycles. The number of aryl methyl sites for hydroxylation is 1. The molecule has 0 aliphatic rings. The maximum Gasteiger partial charge on any atom is 0.421 e. The number of hydrogen-bond donors (Lipinski definition) is 1. The second-order valence-corrected chi connectivity index (χ2v) is 6.53. The molecule has 2 aromatic heterocycles. The zero-order chi connectivity index (χ0) is 21.7. The molecule has 3 aromatic rings. The lowest BCUT2D eigenvalue weighted by atomic mass is 10.2. The molecule has 0 atom stereocenters. The van der Waals surface area contributed by atoms with Crippen LogP contribution in [-0.2, 0) is 28.8 Å². The third kappa shape index (κ3) is 4.88. The van der Waals surface area contributed by atoms with E-state index in [4.69, 9.17) is 4.74 Å². The van der Waals surface area contributed by atoms with Gasteiger partial charge in [0.05, 0.1) is 11.0 Å². The van der Waals surface area contributed by atoms with E-state index in [2.05, 4.69) is 10.3 Å². The Morgan fingerprint density at radius 2 is 1.97 bits per heavy atom. The highest BCUT2D eigenvalue weighted by Gasteiger charge is 2.34. The van der Waals surface area contributed by atoms with Gasteiger partial charge in [-0.2, -0.15) is 13.2 Å². The predicted molar refractivity (Wildman–Crippen MR) is 105 cm³/mol. The van der Waals surface area contributed by atoms with Gasteiger partial charge in [-0.15, -0.1) is 0 Å². The summed E-state index contributed by atoms with van der Waals surface area (Å²) in [4.78, 5) is 28.9. The molecule has 10 heteroatoms. The minimum atomic E-state index is -4.79. The highest BCUT2D eigenvalue weighted by atomic mass is 19.4. The van der Waals surface area contributed by atoms with Crippen LogP contribution in [0.3, 0.4) is 0 Å². The Morgan fingerprint density at radius 1 is 1.20 bits per heavy atom. The number of imidazole rings is 1. The number of rotatable bonds is 8. The minimum absolute atomic E-state index is 0.262. The van der Waals surface area contributed by atoms with Crippen LogP contribution < -0.4 is 10.9 Å². The Balaban J connectivity index is 1.81. The van der Waals surface area contributed by atoms with Crippen LogP contribution in [0, 0.1) is 0 Å². The Labute approximate surface area is 170 Å². The number of amides is 1. The summed E-state index contributed by atoms with van der Waals surface area (Å²) in [7, 11) is 0. The standard InChI is InChI=1S/C20H21F3N4O3/c1-2-30-12-6-11-27-16-9-4-3-8-15(16)24-19(27)25-17(28)13-26-10-5-7-14(18(26)29)20(21,22)23/h3-5,7-10H,2,6,11-13H2,1H3,(H,24,25,28). The van der Waals surface area contributed by atoms with E-state index < -0.39 is 29.8 Å². The lowest BCUT2D eigenvalue weighted by Crippen LogP contribution is -2.32. The van der Waals surface area contributed by atoms with Gasteiger partial charge in [-0.25, -0.2) is 4.98 Å². The van der Waals surface area contributed by atoms with Gasteiger partial charge in [-0.05, 0) is 37.6 Å². The minimum Gasteiger partial charge on any atom is -0.382 e. The van der Waals surface area contributed by atoms with Gasteiger partial charge in [0.15, 0.2) is 0 Å². The summed E-state index contributed by atoms with van der Waals surface area (Å²) in [6, 6.07) is 9.08. The lowest BCUT2D eigenvalue weighted by Gasteiger charge is -2.12. The molecular formula is C20H21F3N4O3. The fourth-order valence-electron chi connectivity index (χ4n) is 3.06. The fourth-order valence-corrected chi connectivity index (χ4v) is 3.06. The van der Waals surface area contributed by atoms with E-state index in [1.54, 1.807) is 10.6 Å². The van der Waals surface area contributed by atoms with Gasteiger partial charge in [-0.3, -0.25) is 14.9 Å². The molecular weight excluding hydrogens is 401 g/mol. The van der Waals surface area contributed by atoms with Crippen LogP contribution in [0.15, 0.2) is 47.4 Å². The molecule has 0 aliphatic heterocycles. The summed E-state index contributed by atoms with van der Waals surface area (Å²) in [6.45, 7) is 2.99. The van der Waals surface area contributed by atoms with Crippen LogP contribution in [0.5, 0.6) is 0 Å². The Bertz CT molecular complexity index is 1090. The molecule has 1 N–H and O–H groups in total. The fraction of sp³-hybridized carbons (Fsp3) is 0.350. The normalized spacial score (nSPS) is 11.7. The molecule has 0 unspecified atom stereocenters. The number of halogens is 3. The summed E-state index contributed by atoms with van der Waals surface area (Å²) >= 11 is 0. The van der Waals surface area contributed by atoms with Gasteiger partial charge in [0, 0.05) is 26.0 Å². The van der Waals surface area contributed by atoms with E-state index in [9.17, 15) is 22.8 Å². The van der Waals surface area contributed by atoms with Gasteiger partial charge in [0.2, 0.25) is 11.9 Å². The van der Waals surface area contributed by atoms with Crippen molar-refractivity contribution >= 4 is 22.9 Å². The molecule has 0 bridgehead atoms. The average molecular weight is 422 g/mol. The quantitative estimate of drug-likeness (QED) is 0.565. The molecule has 0 spiro atoms. The van der Waals surface area contributed by atoms with Crippen LogP contribution in [0.2, 0.25) is 0 Å². The van der Waals surface area contributed by atoms with E-state index in [0.717, 1.165) is 22.3 Å². The largest absolute Gasteiger partial charge is 0.421 e. The number of carbonyl (C=O) groups is 1. The number of pyridine rings is 1. The first-order valence-corrected chi connectivity index (χ1v) is 9.40. The molecule has 1 aromatic carbocycles. The molecule has 0 saturated heterocycles. The summed E-state index contributed by atoms with van der Waals surface area (Å²) in [6.07, 6.45) is -2.96. The lowest BCUT2D eigenvalue weighted by molar-refractivity contribution is -0.139. The summed E-state index contributed by atoms with van der Waals surface area (Å²) in [5.41, 5.74) is -1.12. The van der Waals surface area contributed by atoms with Crippen molar-refractivity contribution in [3.8, 4) is 0 Å². The smallest absolute Gasteiger partial charge is 0.382 e. The number of nitrogens with zero attached hydrogens (tertiary/aromatic N) is 3. The van der Waals surface area contributed by atoms with Gasteiger partial charge in [0.1, 0.15) is 12.1 Å². The third-order valence-electron chi connectivity index (χ3n) is 4.42. The second-order valence-electron chi connectivity index (χ2n) is 6.53. The monoisotopic (exact) mass is 422 g/mol. The van der Waals surface area contributed by atoms with Crippen molar-refractivity contribution in [2.45, 2.75) is 32.6 Å². The maximum atomic E-state index is 12.9. The van der Waals surface area contributed by atoms with Crippen LogP contribution in [0.1, 0.15) is 18.9 Å². The first-order chi connectivity index (χ1) is 14.3. The topological polar surface area (TPSA) is 78.1 Å². The number of aromatic nitrogens is 3. The number of para-hydroxylation sites is 2. The average Bonchev–Trinajstić information content (AvgIpc) is 3.03. The zero-order valence-electron chi connectivity index (χ0n) is 16.3. The van der Waals surface area contributed by atoms with Crippen molar-refractivity contribution in [1.82, 2.24) is 14.1 Å². The van der Waals surface area contributed by atoms with Crippen LogP contribution in [0.4, 0.5) is 19.1 Å². The van der Waals surface area contributed by atoms with Crippen molar-refractivity contribution in [3.63, 3.8) is 0 Å². The van der Waals surface area contributed by atoms with Crippen LogP contribution >= 0.6 is 0 Å². The van der Waals surface area contributed by atoms with Crippen molar-refractivity contribution in [1.29, 1.82) is 0 Å². The molecule has 160 valence electrons. The summed E-state index contributed by atoms with van der Waals surface area (Å²) in [5, 5.41) is 2.61. The van der Waals surface area contributed by atoms with E-state index in [0.29, 0.717) is 37.8 Å². The number of alkyl halides is 3. The van der Waals surface area contributed by atoms with E-state index >= 15 is 0 Å². The van der Waals surface area contributed by atoms with Crippen molar-refractivity contribution in [2.75, 3.05) is 18.5 Å². The van der Waals surface area contributed by atoms with Crippen molar-refractivity contribution in [2.24, 2.45) is 0 Å². The summed E-state index contributed by atoms with van der Waals surface area (Å²) < 4.78 is 46.6. The first kappa shape index (κ1) is 21.6. The molecule has 30 heavy (non-hydrogen) atoms. The van der Waals surface area contributed by atoms with Gasteiger partial charge in [-0.1, -0.05) is 12.1 Å². The molecule has 0 fully saturated rings. The highest BCUT2D eigenvalue weighted by Crippen LogP contribution is 2.26. The predicted octanol–water partition coefficient (Wildman–Crippen LogP) is 3.28. The van der Waals surface area contributed by atoms with E-state index in [1.165, 1.54) is 0 Å². The van der Waals surface area contributed by atoms with Gasteiger partial charge in [0.25, 0.3) is 5.56 Å². The number of ether oxygens (including phenoxy) is 1. The van der Waals surface area contributed by atoms with Crippen molar-refractivity contribution < 1.29 is 22.7 Å². The number of hydrogen-bond acceptors (Lipinski definition) is 4. The van der Waals surface area contributed by atoms with E-state index in [-0.39, 0.29) is 5.95 Å². The van der Waals surface area contributed by atoms with Crippen LogP contribution in [-0.4, -0.2) is 33.2 Å². The van der Waals surface area contributed by atoms with Gasteiger partial charge >= 0.3 is 6.18 Å². The Morgan fingerprint density at radius 3 is 2.70 bits per heavy atom. The highest BCUT2D eigenvalue weighted by molar-refractivity contribution is 5.91. The first-order valence-electron chi connectivity index (χ1n) is 9.40. The number of nitrogens with one attached hydrogen (secondary N) is 1.